The molecule has 0 fully saturated rings. The number of carbonyl (C=O) groups excluding carboxylic acids is 1. The minimum Gasteiger partial charge on any atom is -0.457 e. The summed E-state index contributed by atoms with van der Waals surface area (Å²) in [4.78, 5) is 16.7. The molecule has 130 valence electrons. The first-order valence-corrected chi connectivity index (χ1v) is 7.35. The van der Waals surface area contributed by atoms with Gasteiger partial charge in [0.15, 0.2) is 0 Å². The Morgan fingerprint density at radius 1 is 1.28 bits per heavy atom. The molecule has 3 rings (SSSR count). The molecule has 0 radical (unpaired) electrons. The number of guanidine groups is 1. The van der Waals surface area contributed by atoms with E-state index in [1.165, 1.54) is 23.1 Å². The summed E-state index contributed by atoms with van der Waals surface area (Å²) in [6.45, 7) is 0. The maximum absolute atomic E-state index is 12.9. The maximum atomic E-state index is 12.9. The Kier molecular flexibility index (Phi) is 4.08. The molecule has 2 heterocycles. The quantitative estimate of drug-likeness (QED) is 0.818. The van der Waals surface area contributed by atoms with Gasteiger partial charge in [-0.25, -0.2) is 0 Å². The predicted octanol–water partition coefficient (Wildman–Crippen LogP) is 3.75. The van der Waals surface area contributed by atoms with Gasteiger partial charge in [0.05, 0.1) is 10.6 Å². The lowest BCUT2D eigenvalue weighted by molar-refractivity contribution is -0.137. The van der Waals surface area contributed by atoms with Gasteiger partial charge in [-0.3, -0.25) is 4.79 Å². The number of aliphatic imine (C=N–C) groups is 1. The van der Waals surface area contributed by atoms with Crippen LogP contribution >= 0.6 is 11.6 Å². The molecule has 1 aliphatic heterocycles. The van der Waals surface area contributed by atoms with Crippen molar-refractivity contribution >= 4 is 29.5 Å². The molecule has 0 saturated carbocycles. The van der Waals surface area contributed by atoms with E-state index in [2.05, 4.69) is 4.99 Å². The molecule has 0 unspecified atom stereocenters. The average molecular weight is 370 g/mol. The minimum atomic E-state index is -4.50. The van der Waals surface area contributed by atoms with E-state index in [9.17, 15) is 18.0 Å². The fourth-order valence-electron chi connectivity index (χ4n) is 2.26. The number of carbonyl (C=O) groups is 1. The Morgan fingerprint density at radius 2 is 2.00 bits per heavy atom. The second kappa shape index (κ2) is 5.96. The van der Waals surface area contributed by atoms with Gasteiger partial charge >= 0.3 is 6.18 Å². The molecule has 0 spiro atoms. The largest absolute Gasteiger partial charge is 0.457 e. The molecule has 1 aromatic carbocycles. The van der Waals surface area contributed by atoms with Crippen LogP contribution in [0.25, 0.3) is 17.4 Å². The third-order valence-electron chi connectivity index (χ3n) is 3.61. The van der Waals surface area contributed by atoms with Crippen LogP contribution in [0.4, 0.5) is 13.2 Å². The summed E-state index contributed by atoms with van der Waals surface area (Å²) in [6, 6.07) is 5.94. The van der Waals surface area contributed by atoms with E-state index in [1.807, 2.05) is 0 Å². The molecular weight excluding hydrogens is 359 g/mol. The third kappa shape index (κ3) is 3.25. The zero-order chi connectivity index (χ0) is 18.4. The number of hydrogen-bond acceptors (Lipinski definition) is 4. The average Bonchev–Trinajstić information content (AvgIpc) is 3.07. The summed E-state index contributed by atoms with van der Waals surface area (Å²) in [5.41, 5.74) is 5.00. The van der Waals surface area contributed by atoms with E-state index < -0.39 is 17.6 Å². The first-order chi connectivity index (χ1) is 11.7. The van der Waals surface area contributed by atoms with Crippen molar-refractivity contribution in [2.45, 2.75) is 6.18 Å². The standard InChI is InChI=1S/C16H11ClF3N3O2/c1-23-12(14(24)22-15(23)21)7-9-3-5-13(25-9)10-6-8(16(18,19)20)2-4-11(10)17/h2-7H,1H3,(H2,21,22,24). The number of benzene rings is 1. The van der Waals surface area contributed by atoms with Gasteiger partial charge in [0, 0.05) is 18.7 Å². The Morgan fingerprint density at radius 3 is 2.60 bits per heavy atom. The molecule has 9 heteroatoms. The number of halogens is 4. The predicted molar refractivity (Wildman–Crippen MR) is 86.5 cm³/mol. The molecule has 1 aliphatic rings. The molecule has 0 aliphatic carbocycles. The molecule has 0 bridgehead atoms. The smallest absolute Gasteiger partial charge is 0.416 e. The van der Waals surface area contributed by atoms with Crippen LogP contribution in [0.2, 0.25) is 5.02 Å². The van der Waals surface area contributed by atoms with Gasteiger partial charge in [0.1, 0.15) is 17.2 Å². The Bertz CT molecular complexity index is 916. The van der Waals surface area contributed by atoms with Crippen molar-refractivity contribution in [1.29, 1.82) is 0 Å². The topological polar surface area (TPSA) is 71.8 Å². The maximum Gasteiger partial charge on any atom is 0.416 e. The molecule has 2 N–H and O–H groups in total. The van der Waals surface area contributed by atoms with Gasteiger partial charge in [-0.05, 0) is 30.3 Å². The summed E-state index contributed by atoms with van der Waals surface area (Å²) in [6.07, 6.45) is -3.10. The normalized spacial score (nSPS) is 16.7. The summed E-state index contributed by atoms with van der Waals surface area (Å²) in [5.74, 6) is -0.0903. The van der Waals surface area contributed by atoms with Crippen molar-refractivity contribution in [1.82, 2.24) is 4.90 Å². The van der Waals surface area contributed by atoms with Crippen molar-refractivity contribution in [3.63, 3.8) is 0 Å². The minimum absolute atomic E-state index is 0.0453. The Labute approximate surface area is 145 Å². The van der Waals surface area contributed by atoms with Gasteiger partial charge in [0.2, 0.25) is 5.96 Å². The van der Waals surface area contributed by atoms with Crippen molar-refractivity contribution in [2.24, 2.45) is 10.7 Å². The van der Waals surface area contributed by atoms with E-state index >= 15 is 0 Å². The number of amides is 1. The number of rotatable bonds is 2. The lowest BCUT2D eigenvalue weighted by Gasteiger charge is -2.10. The number of alkyl halides is 3. The SMILES string of the molecule is CN1C(=Cc2ccc(-c3cc(C(F)(F)F)ccc3Cl)o2)C(=O)N=C1N. The zero-order valence-corrected chi connectivity index (χ0v) is 13.5. The van der Waals surface area contributed by atoms with Gasteiger partial charge in [0.25, 0.3) is 5.91 Å². The molecule has 0 atom stereocenters. The van der Waals surface area contributed by atoms with Crippen LogP contribution in [-0.4, -0.2) is 23.8 Å². The highest BCUT2D eigenvalue weighted by Gasteiger charge is 2.31. The van der Waals surface area contributed by atoms with Crippen LogP contribution in [-0.2, 0) is 11.0 Å². The molecule has 25 heavy (non-hydrogen) atoms. The molecule has 0 saturated heterocycles. The Balaban J connectivity index is 1.97. The number of hydrogen-bond donors (Lipinski definition) is 1. The van der Waals surface area contributed by atoms with Crippen molar-refractivity contribution in [2.75, 3.05) is 7.05 Å². The molecule has 1 aromatic heterocycles. The van der Waals surface area contributed by atoms with E-state index in [4.69, 9.17) is 21.8 Å². The van der Waals surface area contributed by atoms with Crippen LogP contribution in [0.1, 0.15) is 11.3 Å². The first-order valence-electron chi connectivity index (χ1n) is 6.97. The van der Waals surface area contributed by atoms with Crippen molar-refractivity contribution < 1.29 is 22.4 Å². The molecule has 5 nitrogen and oxygen atoms in total. The number of furan rings is 1. The van der Waals surface area contributed by atoms with Gasteiger partial charge in [-0.1, -0.05) is 11.6 Å². The second-order valence-electron chi connectivity index (χ2n) is 5.26. The lowest BCUT2D eigenvalue weighted by Crippen LogP contribution is -2.28. The lowest BCUT2D eigenvalue weighted by atomic mass is 10.1. The fraction of sp³-hybridized carbons (Fsp3) is 0.125. The van der Waals surface area contributed by atoms with E-state index in [1.54, 1.807) is 7.05 Å². The van der Waals surface area contributed by atoms with Crippen LogP contribution < -0.4 is 5.73 Å². The number of nitrogens with two attached hydrogens (primary N) is 1. The number of nitrogens with zero attached hydrogens (tertiary/aromatic N) is 2. The molecule has 2 aromatic rings. The highest BCUT2D eigenvalue weighted by molar-refractivity contribution is 6.33. The van der Waals surface area contributed by atoms with Crippen LogP contribution in [0, 0.1) is 0 Å². The molecular formula is C16H11ClF3N3O2. The van der Waals surface area contributed by atoms with Gasteiger partial charge < -0.3 is 15.1 Å². The summed E-state index contributed by atoms with van der Waals surface area (Å²) in [5, 5.41) is 0.114. The molecule has 1 amide bonds. The Hall–Kier alpha value is -2.74. The van der Waals surface area contributed by atoms with Gasteiger partial charge in [-0.15, -0.1) is 0 Å². The monoisotopic (exact) mass is 369 g/mol. The van der Waals surface area contributed by atoms with Crippen LogP contribution in [0.5, 0.6) is 0 Å². The zero-order valence-electron chi connectivity index (χ0n) is 12.8. The van der Waals surface area contributed by atoms with E-state index in [-0.39, 0.29) is 33.8 Å². The highest BCUT2D eigenvalue weighted by Crippen LogP contribution is 2.36. The number of likely N-dealkylation sites (N-methyl/N-ethyl adjacent to an activating group) is 1. The van der Waals surface area contributed by atoms with Crippen LogP contribution in [0.15, 0.2) is 45.4 Å². The summed E-state index contributed by atoms with van der Waals surface area (Å²) < 4.78 is 44.1. The van der Waals surface area contributed by atoms with E-state index in [0.29, 0.717) is 0 Å². The van der Waals surface area contributed by atoms with Gasteiger partial charge in [-0.2, -0.15) is 18.2 Å². The summed E-state index contributed by atoms with van der Waals surface area (Å²) >= 11 is 5.99. The highest BCUT2D eigenvalue weighted by atomic mass is 35.5. The first kappa shape index (κ1) is 17.1. The van der Waals surface area contributed by atoms with Crippen molar-refractivity contribution in [3.05, 3.63) is 52.4 Å². The van der Waals surface area contributed by atoms with E-state index in [0.717, 1.165) is 18.2 Å². The summed E-state index contributed by atoms with van der Waals surface area (Å²) in [7, 11) is 1.56. The van der Waals surface area contributed by atoms with Crippen LogP contribution in [0.3, 0.4) is 0 Å². The van der Waals surface area contributed by atoms with Crippen molar-refractivity contribution in [3.8, 4) is 11.3 Å². The third-order valence-corrected chi connectivity index (χ3v) is 3.93. The second-order valence-corrected chi connectivity index (χ2v) is 5.67. The fourth-order valence-corrected chi connectivity index (χ4v) is 2.47.